The van der Waals surface area contributed by atoms with E-state index >= 15 is 0 Å². The topological polar surface area (TPSA) is 105 Å². The van der Waals surface area contributed by atoms with Crippen LogP contribution in [-0.2, 0) is 29.1 Å². The Labute approximate surface area is 189 Å². The second-order valence-electron chi connectivity index (χ2n) is 7.59. The fourth-order valence-corrected chi connectivity index (χ4v) is 3.90. The zero-order valence-corrected chi connectivity index (χ0v) is 19.8. The molecule has 0 spiro atoms. The monoisotopic (exact) mass is 519 g/mol. The normalized spacial score (nSPS) is 19.8. The third-order valence-corrected chi connectivity index (χ3v) is 5.35. The summed E-state index contributed by atoms with van der Waals surface area (Å²) in [5.41, 5.74) is 0. The minimum atomic E-state index is 0. The van der Waals surface area contributed by atoms with Gasteiger partial charge in [-0.25, -0.2) is 9.67 Å². The number of amides is 1. The number of halogens is 1. The first-order valence-electron chi connectivity index (χ1n) is 10.4. The minimum Gasteiger partial charge on any atom is -0.377 e. The largest absolute Gasteiger partial charge is 0.377 e. The molecular weight excluding hydrogens is 485 g/mol. The van der Waals surface area contributed by atoms with Crippen molar-refractivity contribution in [2.24, 2.45) is 4.99 Å². The lowest BCUT2D eigenvalue weighted by Crippen LogP contribution is -2.48. The van der Waals surface area contributed by atoms with Crippen LogP contribution < -0.4 is 16.0 Å². The van der Waals surface area contributed by atoms with Crippen LogP contribution in [-0.4, -0.2) is 59.4 Å². The molecule has 1 aromatic rings. The zero-order valence-electron chi connectivity index (χ0n) is 17.4. The van der Waals surface area contributed by atoms with E-state index in [2.05, 4.69) is 31.0 Å². The van der Waals surface area contributed by atoms with Gasteiger partial charge in [0.05, 0.1) is 6.54 Å². The van der Waals surface area contributed by atoms with Gasteiger partial charge >= 0.3 is 0 Å². The molecule has 10 heteroatoms. The summed E-state index contributed by atoms with van der Waals surface area (Å²) in [7, 11) is 3.40. The van der Waals surface area contributed by atoms with E-state index in [4.69, 9.17) is 4.74 Å². The number of aliphatic imine (C=N–C) groups is 1. The number of hydrogen-bond acceptors (Lipinski definition) is 5. The fraction of sp³-hybridized carbons (Fsp3) is 0.789. The van der Waals surface area contributed by atoms with E-state index in [-0.39, 0.29) is 35.9 Å². The summed E-state index contributed by atoms with van der Waals surface area (Å²) in [6.07, 6.45) is 8.25. The van der Waals surface area contributed by atoms with Crippen LogP contribution in [0.4, 0.5) is 0 Å². The lowest BCUT2D eigenvalue weighted by Gasteiger charge is -2.25. The minimum absolute atomic E-state index is 0. The maximum atomic E-state index is 12.1. The quantitative estimate of drug-likeness (QED) is 0.286. The summed E-state index contributed by atoms with van der Waals surface area (Å²) in [5, 5.41) is 14.3. The predicted octanol–water partition coefficient (Wildman–Crippen LogP) is 1.36. The van der Waals surface area contributed by atoms with Crippen molar-refractivity contribution in [1.29, 1.82) is 0 Å². The van der Waals surface area contributed by atoms with E-state index in [1.54, 1.807) is 14.2 Å². The van der Waals surface area contributed by atoms with E-state index in [1.807, 2.05) is 4.68 Å². The number of guanidine groups is 1. The Morgan fingerprint density at radius 3 is 2.72 bits per heavy atom. The van der Waals surface area contributed by atoms with Gasteiger partial charge in [0, 0.05) is 45.6 Å². The molecule has 164 valence electrons. The lowest BCUT2D eigenvalue weighted by molar-refractivity contribution is -0.121. The molecule has 1 aromatic heterocycles. The molecular formula is C19H34IN7O2. The molecule has 1 aliphatic carbocycles. The summed E-state index contributed by atoms with van der Waals surface area (Å²) in [4.78, 5) is 20.9. The molecule has 1 unspecified atom stereocenters. The first-order chi connectivity index (χ1) is 13.7. The Kier molecular flexibility index (Phi) is 10.1. The van der Waals surface area contributed by atoms with Crippen molar-refractivity contribution in [2.75, 3.05) is 20.7 Å². The van der Waals surface area contributed by atoms with Crippen molar-refractivity contribution < 1.29 is 9.53 Å². The maximum absolute atomic E-state index is 12.1. The van der Waals surface area contributed by atoms with Crippen molar-refractivity contribution in [3.63, 3.8) is 0 Å². The molecule has 1 fully saturated rings. The van der Waals surface area contributed by atoms with E-state index in [9.17, 15) is 4.79 Å². The number of methoxy groups -OCH3 is 1. The molecule has 0 bridgehead atoms. The van der Waals surface area contributed by atoms with Gasteiger partial charge in [0.25, 0.3) is 0 Å². The molecule has 0 aromatic carbocycles. The van der Waals surface area contributed by atoms with Gasteiger partial charge in [-0.1, -0.05) is 19.3 Å². The van der Waals surface area contributed by atoms with Crippen molar-refractivity contribution in [1.82, 2.24) is 30.7 Å². The van der Waals surface area contributed by atoms with Gasteiger partial charge in [-0.2, -0.15) is 5.10 Å². The maximum Gasteiger partial charge on any atom is 0.221 e. The Bertz CT molecular complexity index is 674. The standard InChI is InChI=1S/C19H33N7O2.HI/c1-20-19(21-11-10-18(27)22-14-6-4-3-5-7-14)23-15-8-9-17-24-16(13-28-2)25-26(17)12-15;/h14-15H,3-13H2,1-2H3,(H,22,27)(H2,20,21,23);1H. The Morgan fingerprint density at radius 1 is 1.21 bits per heavy atom. The van der Waals surface area contributed by atoms with E-state index in [0.717, 1.165) is 49.8 Å². The molecule has 3 rings (SSSR count). The van der Waals surface area contributed by atoms with Crippen LogP contribution in [0.2, 0.25) is 0 Å². The van der Waals surface area contributed by atoms with E-state index in [0.29, 0.717) is 25.6 Å². The van der Waals surface area contributed by atoms with Crippen molar-refractivity contribution >= 4 is 35.8 Å². The van der Waals surface area contributed by atoms with Gasteiger partial charge in [-0.3, -0.25) is 9.79 Å². The summed E-state index contributed by atoms with van der Waals surface area (Å²) in [5.74, 6) is 2.57. The summed E-state index contributed by atoms with van der Waals surface area (Å²) < 4.78 is 7.05. The number of hydrogen-bond donors (Lipinski definition) is 3. The number of carbonyl (C=O) groups excluding carboxylic acids is 1. The number of nitrogens with one attached hydrogen (secondary N) is 3. The number of fused-ring (bicyclic) bond motifs is 1. The lowest BCUT2D eigenvalue weighted by atomic mass is 9.95. The molecule has 29 heavy (non-hydrogen) atoms. The molecule has 1 atom stereocenters. The predicted molar refractivity (Wildman–Crippen MR) is 122 cm³/mol. The number of carbonyl (C=O) groups is 1. The molecule has 3 N–H and O–H groups in total. The summed E-state index contributed by atoms with van der Waals surface area (Å²) >= 11 is 0. The Balaban J connectivity index is 0.00000300. The molecule has 0 saturated heterocycles. The number of aromatic nitrogens is 3. The van der Waals surface area contributed by atoms with E-state index in [1.165, 1.54) is 19.3 Å². The average molecular weight is 519 g/mol. The number of nitrogens with zero attached hydrogens (tertiary/aromatic N) is 4. The first-order valence-corrected chi connectivity index (χ1v) is 10.4. The number of rotatable bonds is 7. The highest BCUT2D eigenvalue weighted by Crippen LogP contribution is 2.17. The molecule has 2 aliphatic rings. The van der Waals surface area contributed by atoms with Crippen LogP contribution in [0.5, 0.6) is 0 Å². The highest BCUT2D eigenvalue weighted by molar-refractivity contribution is 14.0. The highest BCUT2D eigenvalue weighted by atomic mass is 127. The zero-order chi connectivity index (χ0) is 19.8. The Morgan fingerprint density at radius 2 is 2.00 bits per heavy atom. The van der Waals surface area contributed by atoms with Crippen LogP contribution in [0.3, 0.4) is 0 Å². The molecule has 2 heterocycles. The van der Waals surface area contributed by atoms with Crippen molar-refractivity contribution in [3.8, 4) is 0 Å². The molecule has 0 radical (unpaired) electrons. The van der Waals surface area contributed by atoms with Gasteiger partial charge in [-0.15, -0.1) is 24.0 Å². The van der Waals surface area contributed by atoms with Crippen LogP contribution >= 0.6 is 24.0 Å². The summed E-state index contributed by atoms with van der Waals surface area (Å²) in [6, 6.07) is 0.590. The van der Waals surface area contributed by atoms with Crippen LogP contribution in [0.25, 0.3) is 0 Å². The van der Waals surface area contributed by atoms with Gasteiger partial charge < -0.3 is 20.7 Å². The molecule has 1 saturated carbocycles. The van der Waals surface area contributed by atoms with Gasteiger partial charge in [-0.05, 0) is 19.3 Å². The smallest absolute Gasteiger partial charge is 0.221 e. The molecule has 1 amide bonds. The second kappa shape index (κ2) is 12.3. The van der Waals surface area contributed by atoms with Crippen molar-refractivity contribution in [3.05, 3.63) is 11.6 Å². The van der Waals surface area contributed by atoms with Gasteiger partial charge in [0.2, 0.25) is 5.91 Å². The average Bonchev–Trinajstić information content (AvgIpc) is 3.10. The highest BCUT2D eigenvalue weighted by Gasteiger charge is 2.22. The number of ether oxygens (including phenoxy) is 1. The second-order valence-corrected chi connectivity index (χ2v) is 7.59. The molecule has 9 nitrogen and oxygen atoms in total. The van der Waals surface area contributed by atoms with Crippen LogP contribution in [0, 0.1) is 0 Å². The third kappa shape index (κ3) is 7.40. The van der Waals surface area contributed by atoms with Gasteiger partial charge in [0.15, 0.2) is 11.8 Å². The SMILES string of the molecule is CN=C(NCCC(=O)NC1CCCCC1)NC1CCc2nc(COC)nn2C1.I. The molecule has 1 aliphatic heterocycles. The fourth-order valence-electron chi connectivity index (χ4n) is 3.90. The van der Waals surface area contributed by atoms with Gasteiger partial charge in [0.1, 0.15) is 12.4 Å². The third-order valence-electron chi connectivity index (χ3n) is 5.35. The van der Waals surface area contributed by atoms with Crippen LogP contribution in [0.1, 0.15) is 56.6 Å². The van der Waals surface area contributed by atoms with Crippen LogP contribution in [0.15, 0.2) is 4.99 Å². The summed E-state index contributed by atoms with van der Waals surface area (Å²) in [6.45, 7) is 1.75. The van der Waals surface area contributed by atoms with Crippen molar-refractivity contribution in [2.45, 2.75) is 76.6 Å². The number of aryl methyl sites for hydroxylation is 1. The first kappa shape index (κ1) is 23.8. The Hall–Kier alpha value is -1.43. The van der Waals surface area contributed by atoms with E-state index < -0.39 is 0 Å².